The molecule has 1 aromatic rings. The highest BCUT2D eigenvalue weighted by Crippen LogP contribution is 2.11. The Bertz CT molecular complexity index is 533. The standard InChI is InChI=1S/C12H14O5S/c1-3-17-12(14)11(18(2,15)16)10(13)9-7-5-4-6-8-9/h4-8,11H,3H2,1-2H3. The van der Waals surface area contributed by atoms with Crippen LogP contribution in [0.1, 0.15) is 17.3 Å². The van der Waals surface area contributed by atoms with Gasteiger partial charge in [-0.2, -0.15) is 0 Å². The van der Waals surface area contributed by atoms with Crippen LogP contribution in [0, 0.1) is 0 Å². The molecule has 0 spiro atoms. The van der Waals surface area contributed by atoms with Crippen molar-refractivity contribution >= 4 is 21.6 Å². The van der Waals surface area contributed by atoms with Crippen LogP contribution in [0.25, 0.3) is 0 Å². The van der Waals surface area contributed by atoms with E-state index in [1.807, 2.05) is 0 Å². The summed E-state index contributed by atoms with van der Waals surface area (Å²) in [6, 6.07) is 7.80. The molecule has 0 amide bonds. The zero-order valence-electron chi connectivity index (χ0n) is 10.1. The molecule has 18 heavy (non-hydrogen) atoms. The zero-order chi connectivity index (χ0) is 13.8. The highest BCUT2D eigenvalue weighted by atomic mass is 32.2. The van der Waals surface area contributed by atoms with Crippen molar-refractivity contribution in [1.29, 1.82) is 0 Å². The molecule has 0 heterocycles. The van der Waals surface area contributed by atoms with Gasteiger partial charge >= 0.3 is 5.97 Å². The molecule has 0 aromatic heterocycles. The van der Waals surface area contributed by atoms with Gasteiger partial charge in [-0.3, -0.25) is 9.59 Å². The predicted octanol–water partition coefficient (Wildman–Crippen LogP) is 0.846. The number of rotatable bonds is 5. The van der Waals surface area contributed by atoms with E-state index in [2.05, 4.69) is 4.74 Å². The minimum atomic E-state index is -3.86. The summed E-state index contributed by atoms with van der Waals surface area (Å²) < 4.78 is 27.7. The average Bonchev–Trinajstić information content (AvgIpc) is 2.28. The fraction of sp³-hybridized carbons (Fsp3) is 0.333. The minimum absolute atomic E-state index is 0.0208. The summed E-state index contributed by atoms with van der Waals surface area (Å²) in [5, 5.41) is -1.79. The summed E-state index contributed by atoms with van der Waals surface area (Å²) in [4.78, 5) is 23.6. The lowest BCUT2D eigenvalue weighted by Crippen LogP contribution is -2.38. The largest absolute Gasteiger partial charge is 0.465 e. The van der Waals surface area contributed by atoms with Gasteiger partial charge in [-0.15, -0.1) is 0 Å². The molecule has 1 aromatic carbocycles. The highest BCUT2D eigenvalue weighted by Gasteiger charge is 2.37. The molecule has 0 fully saturated rings. The fourth-order valence-corrected chi connectivity index (χ4v) is 2.39. The summed E-state index contributed by atoms with van der Waals surface area (Å²) in [5.41, 5.74) is 0.168. The van der Waals surface area contributed by atoms with E-state index in [0.717, 1.165) is 6.26 Å². The van der Waals surface area contributed by atoms with Gasteiger partial charge in [0, 0.05) is 11.8 Å². The molecule has 0 bridgehead atoms. The molecule has 1 atom stereocenters. The summed E-state index contributed by atoms with van der Waals surface area (Å²) in [5.74, 6) is -1.80. The fourth-order valence-electron chi connectivity index (χ4n) is 1.45. The van der Waals surface area contributed by atoms with Crippen molar-refractivity contribution in [3.63, 3.8) is 0 Å². The van der Waals surface area contributed by atoms with Crippen molar-refractivity contribution in [1.82, 2.24) is 0 Å². The van der Waals surface area contributed by atoms with Gasteiger partial charge in [0.15, 0.2) is 15.6 Å². The van der Waals surface area contributed by atoms with E-state index in [1.54, 1.807) is 25.1 Å². The van der Waals surface area contributed by atoms with E-state index >= 15 is 0 Å². The van der Waals surface area contributed by atoms with Crippen LogP contribution in [-0.4, -0.2) is 38.3 Å². The Morgan fingerprint density at radius 3 is 2.22 bits per heavy atom. The Balaban J connectivity index is 3.13. The smallest absolute Gasteiger partial charge is 0.332 e. The van der Waals surface area contributed by atoms with Crippen LogP contribution in [0.3, 0.4) is 0 Å². The first-order valence-corrected chi connectivity index (χ1v) is 7.28. The first-order valence-electron chi connectivity index (χ1n) is 5.32. The second-order valence-corrected chi connectivity index (χ2v) is 5.82. The van der Waals surface area contributed by atoms with E-state index < -0.39 is 26.8 Å². The molecule has 1 rings (SSSR count). The molecule has 98 valence electrons. The Labute approximate surface area is 106 Å². The molecule has 0 saturated carbocycles. The molecule has 0 N–H and O–H groups in total. The normalized spacial score (nSPS) is 12.8. The molecule has 1 unspecified atom stereocenters. The van der Waals surface area contributed by atoms with Crippen molar-refractivity contribution in [3.05, 3.63) is 35.9 Å². The van der Waals surface area contributed by atoms with Crippen LogP contribution in [0.5, 0.6) is 0 Å². The first kappa shape index (κ1) is 14.4. The van der Waals surface area contributed by atoms with Gasteiger partial charge in [0.05, 0.1) is 6.61 Å². The lowest BCUT2D eigenvalue weighted by Gasteiger charge is -2.12. The number of hydrogen-bond donors (Lipinski definition) is 0. The SMILES string of the molecule is CCOC(=O)C(C(=O)c1ccccc1)S(C)(=O)=O. The summed E-state index contributed by atoms with van der Waals surface area (Å²) in [6.07, 6.45) is 0.843. The van der Waals surface area contributed by atoms with Crippen LogP contribution in [0.4, 0.5) is 0 Å². The molecule has 0 aliphatic rings. The van der Waals surface area contributed by atoms with Crippen molar-refractivity contribution in [3.8, 4) is 0 Å². The monoisotopic (exact) mass is 270 g/mol. The Morgan fingerprint density at radius 2 is 1.78 bits per heavy atom. The number of sulfone groups is 1. The quantitative estimate of drug-likeness (QED) is 0.450. The summed E-state index contributed by atoms with van der Waals surface area (Å²) in [6.45, 7) is 1.57. The number of Topliss-reactive ketones (excluding diaryl/α,β-unsaturated/α-hetero) is 1. The van der Waals surface area contributed by atoms with E-state index in [0.29, 0.717) is 0 Å². The third kappa shape index (κ3) is 3.40. The van der Waals surface area contributed by atoms with Crippen molar-refractivity contribution < 1.29 is 22.7 Å². The molecular formula is C12H14O5S. The Kier molecular flexibility index (Phi) is 4.61. The second kappa shape index (κ2) is 5.77. The number of ketones is 1. The number of hydrogen-bond acceptors (Lipinski definition) is 5. The van der Waals surface area contributed by atoms with Crippen LogP contribution >= 0.6 is 0 Å². The third-order valence-corrected chi connectivity index (χ3v) is 3.49. The summed E-state index contributed by atoms with van der Waals surface area (Å²) >= 11 is 0. The van der Waals surface area contributed by atoms with Crippen LogP contribution in [0.15, 0.2) is 30.3 Å². The van der Waals surface area contributed by atoms with Gasteiger partial charge in [0.2, 0.25) is 5.25 Å². The topological polar surface area (TPSA) is 77.5 Å². The third-order valence-electron chi connectivity index (χ3n) is 2.23. The van der Waals surface area contributed by atoms with E-state index in [1.165, 1.54) is 12.1 Å². The molecule has 0 saturated heterocycles. The van der Waals surface area contributed by atoms with Gasteiger partial charge in [-0.1, -0.05) is 30.3 Å². The van der Waals surface area contributed by atoms with Crippen LogP contribution in [0.2, 0.25) is 0 Å². The Morgan fingerprint density at radius 1 is 1.22 bits per heavy atom. The van der Waals surface area contributed by atoms with Gasteiger partial charge in [0.1, 0.15) is 0 Å². The molecule has 0 radical (unpaired) electrons. The van der Waals surface area contributed by atoms with Gasteiger partial charge < -0.3 is 4.74 Å². The molecule has 0 aliphatic heterocycles. The van der Waals surface area contributed by atoms with Gasteiger partial charge in [-0.25, -0.2) is 8.42 Å². The van der Waals surface area contributed by atoms with Crippen molar-refractivity contribution in [2.24, 2.45) is 0 Å². The van der Waals surface area contributed by atoms with Crippen LogP contribution in [-0.2, 0) is 19.4 Å². The number of carbonyl (C=O) groups is 2. The van der Waals surface area contributed by atoms with E-state index in [-0.39, 0.29) is 12.2 Å². The van der Waals surface area contributed by atoms with Crippen molar-refractivity contribution in [2.45, 2.75) is 12.2 Å². The minimum Gasteiger partial charge on any atom is -0.465 e. The highest BCUT2D eigenvalue weighted by molar-refractivity contribution is 7.92. The molecule has 0 aliphatic carbocycles. The lowest BCUT2D eigenvalue weighted by atomic mass is 10.1. The maximum Gasteiger partial charge on any atom is 0.332 e. The predicted molar refractivity (Wildman–Crippen MR) is 66.0 cm³/mol. The van der Waals surface area contributed by atoms with E-state index in [4.69, 9.17) is 0 Å². The first-order chi connectivity index (χ1) is 8.38. The lowest BCUT2D eigenvalue weighted by molar-refractivity contribution is -0.141. The van der Waals surface area contributed by atoms with Crippen molar-refractivity contribution in [2.75, 3.05) is 12.9 Å². The Hall–Kier alpha value is -1.69. The van der Waals surface area contributed by atoms with Gasteiger partial charge in [-0.05, 0) is 6.92 Å². The van der Waals surface area contributed by atoms with Crippen LogP contribution < -0.4 is 0 Å². The number of carbonyl (C=O) groups excluding carboxylic acids is 2. The summed E-state index contributed by atoms with van der Waals surface area (Å²) in [7, 11) is -3.86. The zero-order valence-corrected chi connectivity index (χ0v) is 10.9. The number of benzene rings is 1. The maximum atomic E-state index is 12.0. The average molecular weight is 270 g/mol. The van der Waals surface area contributed by atoms with Gasteiger partial charge in [0.25, 0.3) is 0 Å². The number of esters is 1. The molecular weight excluding hydrogens is 256 g/mol. The number of ether oxygens (including phenoxy) is 1. The van der Waals surface area contributed by atoms with E-state index in [9.17, 15) is 18.0 Å². The maximum absolute atomic E-state index is 12.0. The second-order valence-electron chi connectivity index (χ2n) is 3.69. The molecule has 5 nitrogen and oxygen atoms in total. The molecule has 6 heteroatoms.